The van der Waals surface area contributed by atoms with Crippen LogP contribution in [0.2, 0.25) is 0 Å². The predicted octanol–water partition coefficient (Wildman–Crippen LogP) is -0.0156. The Hall–Kier alpha value is -2.17. The second kappa shape index (κ2) is 6.14. The van der Waals surface area contributed by atoms with Gasteiger partial charge in [0.2, 0.25) is 0 Å². The van der Waals surface area contributed by atoms with Crippen LogP contribution in [0.25, 0.3) is 10.8 Å². The third-order valence-electron chi connectivity index (χ3n) is 4.00. The van der Waals surface area contributed by atoms with E-state index in [9.17, 15) is 20.1 Å². The summed E-state index contributed by atoms with van der Waals surface area (Å²) in [6.45, 7) is 1.25. The van der Waals surface area contributed by atoms with Gasteiger partial charge in [-0.2, -0.15) is 0 Å². The van der Waals surface area contributed by atoms with Crippen molar-refractivity contribution in [3.05, 3.63) is 46.4 Å². The first kappa shape index (κ1) is 15.7. The van der Waals surface area contributed by atoms with Gasteiger partial charge in [-0.25, -0.2) is 0 Å². The molecule has 120 valence electrons. The molecule has 0 spiro atoms. The fourth-order valence-electron chi connectivity index (χ4n) is 2.84. The lowest BCUT2D eigenvalue weighted by atomic mass is 10.1. The van der Waals surface area contributed by atoms with Gasteiger partial charge < -0.3 is 20.1 Å². The molecular formula is C17H17NO5. The molecule has 6 nitrogen and oxygen atoms in total. The summed E-state index contributed by atoms with van der Waals surface area (Å²) in [7, 11) is 0. The van der Waals surface area contributed by atoms with Gasteiger partial charge in [0.05, 0.1) is 6.61 Å². The van der Waals surface area contributed by atoms with E-state index in [4.69, 9.17) is 4.74 Å². The standard InChI is InChI=1S/C17H17NO5/c1-2-5-10-8-18(16(22)12-7-4-3-6-11(10)12)17-15(21)14(20)13(9-19)23-17/h3-4,6-8,13-15,17,19-21H,9H2,1H3/t13-,14-,15-,17?/m1/s1. The molecule has 3 rings (SSSR count). The maximum Gasteiger partial charge on any atom is 0.260 e. The van der Waals surface area contributed by atoms with Crippen molar-refractivity contribution in [2.24, 2.45) is 0 Å². The molecule has 6 heteroatoms. The molecule has 1 aliphatic rings. The van der Waals surface area contributed by atoms with Crippen molar-refractivity contribution < 1.29 is 20.1 Å². The van der Waals surface area contributed by atoms with Gasteiger partial charge >= 0.3 is 0 Å². The van der Waals surface area contributed by atoms with Crippen LogP contribution in [-0.4, -0.2) is 44.8 Å². The number of benzene rings is 1. The molecule has 0 radical (unpaired) electrons. The molecule has 0 bridgehead atoms. The van der Waals surface area contributed by atoms with Crippen LogP contribution in [-0.2, 0) is 4.74 Å². The second-order valence-electron chi connectivity index (χ2n) is 5.40. The van der Waals surface area contributed by atoms with Crippen LogP contribution in [0.3, 0.4) is 0 Å². The van der Waals surface area contributed by atoms with Gasteiger partial charge in [-0.1, -0.05) is 24.1 Å². The summed E-state index contributed by atoms with van der Waals surface area (Å²) in [5, 5.41) is 30.4. The number of fused-ring (bicyclic) bond motifs is 1. The summed E-state index contributed by atoms with van der Waals surface area (Å²) in [5.41, 5.74) is 0.275. The number of hydrogen-bond acceptors (Lipinski definition) is 5. The van der Waals surface area contributed by atoms with Crippen LogP contribution in [0.4, 0.5) is 0 Å². The predicted molar refractivity (Wildman–Crippen MR) is 83.8 cm³/mol. The van der Waals surface area contributed by atoms with Crippen LogP contribution < -0.4 is 5.56 Å². The third kappa shape index (κ3) is 2.54. The third-order valence-corrected chi connectivity index (χ3v) is 4.00. The average Bonchev–Trinajstić information content (AvgIpc) is 2.86. The number of aliphatic hydroxyl groups is 3. The first-order chi connectivity index (χ1) is 11.1. The van der Waals surface area contributed by atoms with Crippen molar-refractivity contribution in [1.29, 1.82) is 0 Å². The average molecular weight is 315 g/mol. The van der Waals surface area contributed by atoms with Gasteiger partial charge in [-0.15, -0.1) is 5.92 Å². The number of aliphatic hydroxyl groups excluding tert-OH is 3. The molecule has 1 aromatic heterocycles. The smallest absolute Gasteiger partial charge is 0.260 e. The molecule has 1 aliphatic heterocycles. The fraction of sp³-hybridized carbons (Fsp3) is 0.353. The highest BCUT2D eigenvalue weighted by molar-refractivity contribution is 5.87. The number of nitrogens with zero attached hydrogens (tertiary/aromatic N) is 1. The van der Waals surface area contributed by atoms with E-state index in [1.54, 1.807) is 25.1 Å². The molecular weight excluding hydrogens is 298 g/mol. The number of hydrogen-bond donors (Lipinski definition) is 3. The van der Waals surface area contributed by atoms with Crippen molar-refractivity contribution in [2.75, 3.05) is 6.61 Å². The van der Waals surface area contributed by atoms with Crippen molar-refractivity contribution in [3.63, 3.8) is 0 Å². The van der Waals surface area contributed by atoms with Crippen LogP contribution in [0.15, 0.2) is 35.3 Å². The highest BCUT2D eigenvalue weighted by atomic mass is 16.6. The van der Waals surface area contributed by atoms with E-state index in [0.29, 0.717) is 10.9 Å². The lowest BCUT2D eigenvalue weighted by Gasteiger charge is -2.19. The molecule has 1 aromatic carbocycles. The van der Waals surface area contributed by atoms with Crippen LogP contribution in [0, 0.1) is 11.8 Å². The van der Waals surface area contributed by atoms with Crippen molar-refractivity contribution in [3.8, 4) is 11.8 Å². The molecule has 1 unspecified atom stereocenters. The van der Waals surface area contributed by atoms with E-state index in [1.165, 1.54) is 10.8 Å². The minimum Gasteiger partial charge on any atom is -0.394 e. The summed E-state index contributed by atoms with van der Waals surface area (Å²) in [6.07, 6.45) is -3.06. The van der Waals surface area contributed by atoms with Crippen LogP contribution >= 0.6 is 0 Å². The number of ether oxygens (including phenoxy) is 1. The van der Waals surface area contributed by atoms with Gasteiger partial charge in [0.25, 0.3) is 5.56 Å². The Bertz CT molecular complexity index is 847. The lowest BCUT2D eigenvalue weighted by molar-refractivity contribution is -0.0541. The molecule has 0 saturated carbocycles. The topological polar surface area (TPSA) is 91.9 Å². The van der Waals surface area contributed by atoms with E-state index >= 15 is 0 Å². The largest absolute Gasteiger partial charge is 0.394 e. The van der Waals surface area contributed by atoms with Crippen molar-refractivity contribution in [1.82, 2.24) is 4.57 Å². The van der Waals surface area contributed by atoms with Gasteiger partial charge in [0, 0.05) is 22.5 Å². The van der Waals surface area contributed by atoms with Crippen molar-refractivity contribution in [2.45, 2.75) is 31.5 Å². The Kier molecular flexibility index (Phi) is 4.20. The van der Waals surface area contributed by atoms with Crippen molar-refractivity contribution >= 4 is 10.8 Å². The SMILES string of the molecule is CC#Cc1cn(C2O[C@H](CO)[C@@H](O)[C@H]2O)c(=O)c2ccccc12. The van der Waals surface area contributed by atoms with E-state index < -0.39 is 31.1 Å². The minimum absolute atomic E-state index is 0.350. The highest BCUT2D eigenvalue weighted by Gasteiger charge is 2.43. The fourth-order valence-corrected chi connectivity index (χ4v) is 2.84. The molecule has 0 aliphatic carbocycles. The summed E-state index contributed by atoms with van der Waals surface area (Å²) in [4.78, 5) is 12.7. The number of rotatable bonds is 2. The zero-order valence-corrected chi connectivity index (χ0v) is 12.5. The monoisotopic (exact) mass is 315 g/mol. The number of pyridine rings is 1. The maximum atomic E-state index is 12.7. The molecule has 2 heterocycles. The minimum atomic E-state index is -1.31. The Labute approximate surface area is 132 Å². The summed E-state index contributed by atoms with van der Waals surface area (Å²) in [6, 6.07) is 7.04. The zero-order chi connectivity index (χ0) is 16.6. The molecule has 4 atom stereocenters. The molecule has 0 amide bonds. The molecule has 3 N–H and O–H groups in total. The summed E-state index contributed by atoms with van der Waals surface area (Å²) < 4.78 is 6.68. The lowest BCUT2D eigenvalue weighted by Crippen LogP contribution is -2.35. The van der Waals surface area contributed by atoms with Crippen LogP contribution in [0.1, 0.15) is 18.7 Å². The van der Waals surface area contributed by atoms with E-state index in [1.807, 2.05) is 6.07 Å². The zero-order valence-electron chi connectivity index (χ0n) is 12.5. The number of aromatic nitrogens is 1. The van der Waals surface area contributed by atoms with Gasteiger partial charge in [0.1, 0.15) is 18.3 Å². The molecule has 1 fully saturated rings. The van der Waals surface area contributed by atoms with E-state index in [0.717, 1.165) is 5.39 Å². The van der Waals surface area contributed by atoms with Crippen LogP contribution in [0.5, 0.6) is 0 Å². The molecule has 2 aromatic rings. The quantitative estimate of drug-likeness (QED) is 0.678. The van der Waals surface area contributed by atoms with Gasteiger partial charge in [-0.05, 0) is 13.0 Å². The normalized spacial score (nSPS) is 27.0. The first-order valence-electron chi connectivity index (χ1n) is 7.27. The Morgan fingerprint density at radius 3 is 2.52 bits per heavy atom. The summed E-state index contributed by atoms with van der Waals surface area (Å²) >= 11 is 0. The van der Waals surface area contributed by atoms with Gasteiger partial charge in [0.15, 0.2) is 6.23 Å². The molecule has 1 saturated heterocycles. The Morgan fingerprint density at radius 1 is 1.22 bits per heavy atom. The second-order valence-corrected chi connectivity index (χ2v) is 5.40. The van der Waals surface area contributed by atoms with Gasteiger partial charge in [-0.3, -0.25) is 9.36 Å². The maximum absolute atomic E-state index is 12.7. The Balaban J connectivity index is 2.20. The summed E-state index contributed by atoms with van der Waals surface area (Å²) in [5.74, 6) is 5.73. The highest BCUT2D eigenvalue weighted by Crippen LogP contribution is 2.29. The van der Waals surface area contributed by atoms with E-state index in [-0.39, 0.29) is 5.56 Å². The Morgan fingerprint density at radius 2 is 1.91 bits per heavy atom. The van der Waals surface area contributed by atoms with E-state index in [2.05, 4.69) is 11.8 Å². The molecule has 23 heavy (non-hydrogen) atoms. The first-order valence-corrected chi connectivity index (χ1v) is 7.27.